The zero-order chi connectivity index (χ0) is 28.9. The maximum Gasteiger partial charge on any atom is 0.559 e. The van der Waals surface area contributed by atoms with Crippen molar-refractivity contribution in [2.45, 2.75) is 154 Å². The summed E-state index contributed by atoms with van der Waals surface area (Å²) in [6, 6.07) is 0. The average Bonchev–Trinajstić information content (AvgIpc) is 2.88. The van der Waals surface area contributed by atoms with E-state index >= 15 is 0 Å². The lowest BCUT2D eigenvalue weighted by Crippen LogP contribution is -2.48. The SMILES string of the molecule is CCCCCCCCCCCS(=O)(=O)C(CCCCCCCC)C(C)OC(CO)(C(=O)O)[P+](=O)OCCC. The summed E-state index contributed by atoms with van der Waals surface area (Å²) in [5.74, 6) is -1.62. The van der Waals surface area contributed by atoms with E-state index in [2.05, 4.69) is 13.8 Å². The van der Waals surface area contributed by atoms with Crippen LogP contribution in [0.4, 0.5) is 0 Å². The van der Waals surface area contributed by atoms with Crippen molar-refractivity contribution in [3.63, 3.8) is 0 Å². The van der Waals surface area contributed by atoms with E-state index in [-0.39, 0.29) is 12.4 Å². The molecule has 0 aromatic carbocycles. The molecule has 0 saturated carbocycles. The second kappa shape index (κ2) is 22.1. The molecule has 226 valence electrons. The van der Waals surface area contributed by atoms with Gasteiger partial charge in [-0.15, -0.1) is 4.52 Å². The van der Waals surface area contributed by atoms with Gasteiger partial charge in [0.1, 0.15) is 13.2 Å². The van der Waals surface area contributed by atoms with Gasteiger partial charge in [-0.05, 0) is 30.8 Å². The highest BCUT2D eigenvalue weighted by Crippen LogP contribution is 2.43. The first-order valence-electron chi connectivity index (χ1n) is 15.0. The van der Waals surface area contributed by atoms with Gasteiger partial charge < -0.3 is 14.9 Å². The maximum atomic E-state index is 13.4. The Morgan fingerprint density at radius 3 is 1.74 bits per heavy atom. The number of aliphatic hydroxyl groups is 1. The fourth-order valence-electron chi connectivity index (χ4n) is 4.59. The molecule has 0 fully saturated rings. The summed E-state index contributed by atoms with van der Waals surface area (Å²) in [4.78, 5) is 12.1. The van der Waals surface area contributed by atoms with Crippen LogP contribution >= 0.6 is 8.03 Å². The number of aliphatic hydroxyl groups excluding tert-OH is 1. The Morgan fingerprint density at radius 1 is 0.816 bits per heavy atom. The Kier molecular flexibility index (Phi) is 21.8. The molecule has 4 atom stereocenters. The summed E-state index contributed by atoms with van der Waals surface area (Å²) < 4.78 is 50.5. The van der Waals surface area contributed by atoms with E-state index in [1.54, 1.807) is 6.92 Å². The van der Waals surface area contributed by atoms with Crippen molar-refractivity contribution in [2.24, 2.45) is 0 Å². The highest BCUT2D eigenvalue weighted by atomic mass is 32.2. The number of hydrogen-bond acceptors (Lipinski definition) is 7. The quantitative estimate of drug-likeness (QED) is 0.0756. The molecule has 0 aliphatic carbocycles. The molecule has 0 aliphatic heterocycles. The van der Waals surface area contributed by atoms with Gasteiger partial charge in [0.15, 0.2) is 9.84 Å². The monoisotopic (exact) mass is 583 g/mol. The minimum Gasteiger partial charge on any atom is -0.476 e. The summed E-state index contributed by atoms with van der Waals surface area (Å²) in [7, 11) is -6.54. The number of sulfone groups is 1. The van der Waals surface area contributed by atoms with Gasteiger partial charge in [-0.2, -0.15) is 0 Å². The molecule has 0 aliphatic rings. The molecule has 0 heterocycles. The van der Waals surface area contributed by atoms with E-state index in [0.29, 0.717) is 25.7 Å². The van der Waals surface area contributed by atoms with E-state index < -0.39 is 47.1 Å². The van der Waals surface area contributed by atoms with Crippen LogP contribution in [0.25, 0.3) is 0 Å². The smallest absolute Gasteiger partial charge is 0.476 e. The lowest BCUT2D eigenvalue weighted by atomic mass is 10.1. The molecular formula is C28H56O8PS+. The zero-order valence-electron chi connectivity index (χ0n) is 24.5. The number of carboxylic acid groups (broad SMARTS) is 1. The topological polar surface area (TPSA) is 127 Å². The van der Waals surface area contributed by atoms with Crippen molar-refractivity contribution in [2.75, 3.05) is 19.0 Å². The summed E-state index contributed by atoms with van der Waals surface area (Å²) in [6.45, 7) is 6.58. The minimum absolute atomic E-state index is 0.00864. The molecule has 0 spiro atoms. The van der Waals surface area contributed by atoms with Crippen molar-refractivity contribution in [3.05, 3.63) is 0 Å². The molecule has 8 nitrogen and oxygen atoms in total. The van der Waals surface area contributed by atoms with Gasteiger partial charge in [0, 0.05) is 0 Å². The fraction of sp³-hybridized carbons (Fsp3) is 0.964. The summed E-state index contributed by atoms with van der Waals surface area (Å²) in [6.07, 6.45) is 15.3. The number of ether oxygens (including phenoxy) is 1. The van der Waals surface area contributed by atoms with Crippen molar-refractivity contribution in [1.82, 2.24) is 0 Å². The Balaban J connectivity index is 5.33. The maximum absolute atomic E-state index is 13.4. The molecule has 0 aromatic heterocycles. The van der Waals surface area contributed by atoms with Crippen LogP contribution in [0.15, 0.2) is 0 Å². The number of carbonyl (C=O) groups is 1. The van der Waals surface area contributed by atoms with Crippen molar-refractivity contribution >= 4 is 23.8 Å². The van der Waals surface area contributed by atoms with Gasteiger partial charge in [-0.25, -0.2) is 13.2 Å². The third-order valence-electron chi connectivity index (χ3n) is 7.00. The molecule has 0 aromatic rings. The number of hydrogen-bond donors (Lipinski definition) is 2. The highest BCUT2D eigenvalue weighted by molar-refractivity contribution is 7.92. The molecule has 38 heavy (non-hydrogen) atoms. The van der Waals surface area contributed by atoms with Crippen molar-refractivity contribution in [1.29, 1.82) is 0 Å². The Bertz CT molecular complexity index is 730. The molecule has 10 heteroatoms. The lowest BCUT2D eigenvalue weighted by Gasteiger charge is -2.28. The van der Waals surface area contributed by atoms with E-state index in [9.17, 15) is 28.0 Å². The normalized spacial score (nSPS) is 15.7. The third-order valence-corrected chi connectivity index (χ3v) is 10.8. The van der Waals surface area contributed by atoms with Gasteiger partial charge in [0.05, 0.1) is 17.1 Å². The average molecular weight is 584 g/mol. The molecule has 0 amide bonds. The third kappa shape index (κ3) is 14.7. The van der Waals surface area contributed by atoms with E-state index in [1.165, 1.54) is 39.0 Å². The number of unbranched alkanes of at least 4 members (excludes halogenated alkanes) is 13. The van der Waals surface area contributed by atoms with Crippen LogP contribution in [0, 0.1) is 0 Å². The molecule has 0 bridgehead atoms. The van der Waals surface area contributed by atoms with Crippen LogP contribution in [0.1, 0.15) is 137 Å². The van der Waals surface area contributed by atoms with Crippen LogP contribution < -0.4 is 0 Å². The Morgan fingerprint density at radius 2 is 1.29 bits per heavy atom. The first-order valence-corrected chi connectivity index (χ1v) is 17.9. The predicted octanol–water partition coefficient (Wildman–Crippen LogP) is 7.40. The van der Waals surface area contributed by atoms with Crippen LogP contribution in [-0.4, -0.2) is 60.3 Å². The second-order valence-corrected chi connectivity index (χ2v) is 14.3. The van der Waals surface area contributed by atoms with Gasteiger partial charge in [-0.1, -0.05) is 111 Å². The summed E-state index contributed by atoms with van der Waals surface area (Å²) >= 11 is 0. The van der Waals surface area contributed by atoms with Crippen LogP contribution in [-0.2, 0) is 28.5 Å². The first-order chi connectivity index (χ1) is 18.1. The number of carboxylic acids is 1. The Labute approximate surface area is 233 Å². The molecule has 2 N–H and O–H groups in total. The molecule has 0 saturated heterocycles. The summed E-state index contributed by atoms with van der Waals surface area (Å²) in [5.41, 5.74) is 0. The number of rotatable bonds is 27. The molecular weight excluding hydrogens is 527 g/mol. The number of aliphatic carboxylic acids is 1. The lowest BCUT2D eigenvalue weighted by molar-refractivity contribution is -0.164. The van der Waals surface area contributed by atoms with Crippen LogP contribution in [0.3, 0.4) is 0 Å². The fourth-order valence-corrected chi connectivity index (χ4v) is 7.75. The van der Waals surface area contributed by atoms with Crippen LogP contribution in [0.5, 0.6) is 0 Å². The minimum atomic E-state index is -3.61. The second-order valence-electron chi connectivity index (χ2n) is 10.5. The van der Waals surface area contributed by atoms with Crippen molar-refractivity contribution < 1.29 is 37.3 Å². The molecule has 0 rings (SSSR count). The molecule has 4 unspecified atom stereocenters. The zero-order valence-corrected chi connectivity index (χ0v) is 26.2. The Hall–Kier alpha value is -0.600. The first kappa shape index (κ1) is 37.4. The largest absolute Gasteiger partial charge is 0.559 e. The van der Waals surface area contributed by atoms with E-state index in [1.807, 2.05) is 0 Å². The van der Waals surface area contributed by atoms with Gasteiger partial charge in [-0.3, -0.25) is 0 Å². The van der Waals surface area contributed by atoms with E-state index in [0.717, 1.165) is 51.4 Å². The van der Waals surface area contributed by atoms with Gasteiger partial charge in [0.25, 0.3) is 0 Å². The van der Waals surface area contributed by atoms with Crippen molar-refractivity contribution in [3.8, 4) is 0 Å². The highest BCUT2D eigenvalue weighted by Gasteiger charge is 2.62. The van der Waals surface area contributed by atoms with Crippen LogP contribution in [0.2, 0.25) is 0 Å². The predicted molar refractivity (Wildman–Crippen MR) is 155 cm³/mol. The van der Waals surface area contributed by atoms with Gasteiger partial charge >= 0.3 is 19.3 Å². The summed E-state index contributed by atoms with van der Waals surface area (Å²) in [5, 5.41) is 16.3. The van der Waals surface area contributed by atoms with Gasteiger partial charge in [0.2, 0.25) is 0 Å². The van der Waals surface area contributed by atoms with E-state index in [4.69, 9.17) is 9.26 Å². The standard InChI is InChI=1S/C28H55O8PS/c1-5-8-10-12-14-15-16-18-20-23-38(33,34)26(21-19-17-13-11-9-6-2)25(4)36-28(24-29,27(30)31)37(32)35-22-7-3/h25-26,29H,5-24H2,1-4H3/p+1. The molecule has 0 radical (unpaired) electrons.